The van der Waals surface area contributed by atoms with Gasteiger partial charge in [-0.2, -0.15) is 0 Å². The second-order valence-corrected chi connectivity index (χ2v) is 13.5. The number of likely N-dealkylation sites (tertiary alicyclic amines) is 1. The highest BCUT2D eigenvalue weighted by Crippen LogP contribution is 2.60. The maximum Gasteiger partial charge on any atom is 0.306 e. The normalized spacial score (nSPS) is 24.4. The number of rotatable bonds is 15. The monoisotopic (exact) mass is 711 g/mol. The molecule has 11 heteroatoms. The zero-order valence-corrected chi connectivity index (χ0v) is 29.0. The molecule has 3 aromatic carbocycles. The third kappa shape index (κ3) is 6.83. The average molecular weight is 712 g/mol. The first-order chi connectivity index (χ1) is 24.7. The van der Waals surface area contributed by atoms with E-state index in [-0.39, 0.29) is 19.6 Å². The fraction of sp³-hybridized carbons (Fsp3) is 0.350. The van der Waals surface area contributed by atoms with Crippen molar-refractivity contribution < 1.29 is 33.8 Å². The number of hydrogen-bond acceptors (Lipinski definition) is 7. The molecule has 266 valence electrons. The standard InChI is InChI=1S/C40H42ClN3O7/c1-3-5-20-33(46)50-25-29(26-14-8-6-9-15-26)42-37(47)34-32-21-22-40(51-32)35(34)38(48)44(31(24-45)27-16-10-7-11-17-27)36(40)39(49)43(23-4-2)30-19-13-12-18-28(30)41/h3-4,6-19,29,31-32,34-36,45H,1-2,5,20-25H2,(H,42,47)/t29-,31+,32-,34+,35+,36-,40+/m0/s1. The molecule has 51 heavy (non-hydrogen) atoms. The van der Waals surface area contributed by atoms with Gasteiger partial charge in [0.2, 0.25) is 11.8 Å². The lowest BCUT2D eigenvalue weighted by Crippen LogP contribution is -2.57. The van der Waals surface area contributed by atoms with Crippen LogP contribution in [0, 0.1) is 11.8 Å². The first kappa shape index (κ1) is 36.0. The fourth-order valence-electron chi connectivity index (χ4n) is 7.93. The van der Waals surface area contributed by atoms with Gasteiger partial charge in [0.15, 0.2) is 0 Å². The topological polar surface area (TPSA) is 125 Å². The molecule has 3 fully saturated rings. The van der Waals surface area contributed by atoms with E-state index in [4.69, 9.17) is 21.1 Å². The first-order valence-corrected chi connectivity index (χ1v) is 17.6. The van der Waals surface area contributed by atoms with Crippen molar-refractivity contribution in [2.45, 2.75) is 55.5 Å². The van der Waals surface area contributed by atoms with Gasteiger partial charge in [-0.25, -0.2) is 0 Å². The summed E-state index contributed by atoms with van der Waals surface area (Å²) in [4.78, 5) is 59.6. The third-order valence-electron chi connectivity index (χ3n) is 10.2. The molecule has 3 aliphatic rings. The van der Waals surface area contributed by atoms with Gasteiger partial charge < -0.3 is 29.7 Å². The lowest BCUT2D eigenvalue weighted by atomic mass is 9.70. The Morgan fingerprint density at radius 3 is 2.33 bits per heavy atom. The number of carbonyl (C=O) groups excluding carboxylic acids is 4. The molecule has 0 radical (unpaired) electrons. The summed E-state index contributed by atoms with van der Waals surface area (Å²) in [6.45, 7) is 7.02. The van der Waals surface area contributed by atoms with Crippen LogP contribution in [-0.2, 0) is 28.7 Å². The van der Waals surface area contributed by atoms with Crippen LogP contribution >= 0.6 is 11.6 Å². The van der Waals surface area contributed by atoms with Crippen LogP contribution < -0.4 is 10.2 Å². The minimum absolute atomic E-state index is 0.0919. The van der Waals surface area contributed by atoms with Crippen LogP contribution in [0.25, 0.3) is 0 Å². The van der Waals surface area contributed by atoms with Gasteiger partial charge >= 0.3 is 5.97 Å². The second kappa shape index (κ2) is 15.6. The Bertz CT molecular complexity index is 1770. The number of para-hydroxylation sites is 1. The van der Waals surface area contributed by atoms with Gasteiger partial charge in [-0.3, -0.25) is 19.2 Å². The number of nitrogens with one attached hydrogen (secondary N) is 1. The summed E-state index contributed by atoms with van der Waals surface area (Å²) >= 11 is 6.61. The Labute approximate surface area is 302 Å². The van der Waals surface area contributed by atoms with Crippen molar-refractivity contribution in [2.24, 2.45) is 11.8 Å². The van der Waals surface area contributed by atoms with Crippen LogP contribution in [0.1, 0.15) is 48.9 Å². The van der Waals surface area contributed by atoms with E-state index in [1.165, 1.54) is 9.80 Å². The van der Waals surface area contributed by atoms with Crippen molar-refractivity contribution in [3.8, 4) is 0 Å². The van der Waals surface area contributed by atoms with Gasteiger partial charge in [-0.1, -0.05) is 96.5 Å². The van der Waals surface area contributed by atoms with Crippen LogP contribution in [0.15, 0.2) is 110 Å². The maximum atomic E-state index is 15.0. The SMILES string of the molecule is C=CCCC(=O)OC[C@H](NC(=O)[C@@H]1[C@@H]2CC[C@]3(O2)[C@H](C(=O)N(CC=C)c2ccccc2Cl)N([C@H](CO)c2ccccc2)C(=O)[C@@H]13)c1ccccc1. The summed E-state index contributed by atoms with van der Waals surface area (Å²) in [5, 5.41) is 14.2. The lowest BCUT2D eigenvalue weighted by molar-refractivity contribution is -0.146. The third-order valence-corrected chi connectivity index (χ3v) is 10.5. The molecule has 0 aliphatic carbocycles. The fourth-order valence-corrected chi connectivity index (χ4v) is 8.17. The summed E-state index contributed by atoms with van der Waals surface area (Å²) in [6, 6.07) is 22.3. The van der Waals surface area contributed by atoms with E-state index >= 15 is 0 Å². The predicted molar refractivity (Wildman–Crippen MR) is 192 cm³/mol. The van der Waals surface area contributed by atoms with Gasteiger partial charge in [0.05, 0.1) is 47.3 Å². The number of hydrogen-bond donors (Lipinski definition) is 2. The smallest absolute Gasteiger partial charge is 0.306 e. The number of carbonyl (C=O) groups is 4. The van der Waals surface area contributed by atoms with Crippen molar-refractivity contribution in [3.05, 3.63) is 126 Å². The molecule has 3 aromatic rings. The molecule has 0 aromatic heterocycles. The number of fused-ring (bicyclic) bond motifs is 1. The predicted octanol–water partition coefficient (Wildman–Crippen LogP) is 5.33. The molecule has 3 amide bonds. The quantitative estimate of drug-likeness (QED) is 0.161. The Balaban J connectivity index is 1.38. The van der Waals surface area contributed by atoms with Crippen molar-refractivity contribution in [3.63, 3.8) is 0 Å². The molecule has 0 saturated carbocycles. The summed E-state index contributed by atoms with van der Waals surface area (Å²) < 4.78 is 12.3. The molecule has 2 bridgehead atoms. The summed E-state index contributed by atoms with van der Waals surface area (Å²) in [5.74, 6) is -3.75. The van der Waals surface area contributed by atoms with Gasteiger partial charge in [0.25, 0.3) is 5.91 Å². The number of halogens is 1. The van der Waals surface area contributed by atoms with E-state index in [2.05, 4.69) is 18.5 Å². The molecule has 3 aliphatic heterocycles. The molecule has 3 heterocycles. The molecular weight excluding hydrogens is 670 g/mol. The summed E-state index contributed by atoms with van der Waals surface area (Å²) in [5.41, 5.74) is 0.432. The number of anilines is 1. The van der Waals surface area contributed by atoms with Crippen LogP contribution in [0.2, 0.25) is 5.02 Å². The van der Waals surface area contributed by atoms with E-state index in [1.54, 1.807) is 60.7 Å². The highest BCUT2D eigenvalue weighted by Gasteiger charge is 2.75. The average Bonchev–Trinajstić information content (AvgIpc) is 3.80. The molecule has 1 spiro atoms. The number of esters is 1. The number of nitrogens with zero attached hydrogens (tertiary/aromatic N) is 2. The minimum atomic E-state index is -1.36. The van der Waals surface area contributed by atoms with Crippen LogP contribution in [0.3, 0.4) is 0 Å². The molecule has 6 rings (SSSR count). The van der Waals surface area contributed by atoms with Gasteiger partial charge in [0.1, 0.15) is 18.2 Å². The second-order valence-electron chi connectivity index (χ2n) is 13.1. The minimum Gasteiger partial charge on any atom is -0.463 e. The highest BCUT2D eigenvalue weighted by atomic mass is 35.5. The zero-order valence-electron chi connectivity index (χ0n) is 28.2. The largest absolute Gasteiger partial charge is 0.463 e. The zero-order chi connectivity index (χ0) is 36.1. The first-order valence-electron chi connectivity index (χ1n) is 17.2. The van der Waals surface area contributed by atoms with E-state index < -0.39 is 72.0 Å². The molecule has 10 nitrogen and oxygen atoms in total. The Kier molecular flexibility index (Phi) is 11.0. The molecule has 0 unspecified atom stereocenters. The van der Waals surface area contributed by atoms with Crippen molar-refractivity contribution in [1.29, 1.82) is 0 Å². The van der Waals surface area contributed by atoms with E-state index in [0.717, 1.165) is 5.56 Å². The van der Waals surface area contributed by atoms with Crippen LogP contribution in [0.4, 0.5) is 5.69 Å². The highest BCUT2D eigenvalue weighted by molar-refractivity contribution is 6.34. The van der Waals surface area contributed by atoms with Crippen LogP contribution in [0.5, 0.6) is 0 Å². The number of aliphatic hydroxyl groups excluding tert-OH is 1. The van der Waals surface area contributed by atoms with Crippen molar-refractivity contribution in [1.82, 2.24) is 10.2 Å². The number of benzene rings is 3. The van der Waals surface area contributed by atoms with Crippen LogP contribution in [-0.4, -0.2) is 71.2 Å². The number of aliphatic hydroxyl groups is 1. The Morgan fingerprint density at radius 1 is 1.02 bits per heavy atom. The van der Waals surface area contributed by atoms with E-state index in [9.17, 15) is 24.3 Å². The van der Waals surface area contributed by atoms with Gasteiger partial charge in [-0.05, 0) is 42.5 Å². The summed E-state index contributed by atoms with van der Waals surface area (Å²) in [7, 11) is 0. The van der Waals surface area contributed by atoms with Crippen molar-refractivity contribution in [2.75, 3.05) is 24.7 Å². The summed E-state index contributed by atoms with van der Waals surface area (Å²) in [6.07, 6.45) is 3.98. The maximum absolute atomic E-state index is 15.0. The van der Waals surface area contributed by atoms with Gasteiger partial charge in [0, 0.05) is 13.0 Å². The Morgan fingerprint density at radius 2 is 1.69 bits per heavy atom. The number of amides is 3. The van der Waals surface area contributed by atoms with Crippen molar-refractivity contribution >= 4 is 41.0 Å². The van der Waals surface area contributed by atoms with E-state index in [1.807, 2.05) is 36.4 Å². The molecule has 2 N–H and O–H groups in total. The molecular formula is C40H42ClN3O7. The molecule has 3 saturated heterocycles. The number of allylic oxidation sites excluding steroid dienone is 1. The molecule has 7 atom stereocenters. The number of ether oxygens (including phenoxy) is 2. The lowest BCUT2D eigenvalue weighted by Gasteiger charge is -2.39. The van der Waals surface area contributed by atoms with Gasteiger partial charge in [-0.15, -0.1) is 13.2 Å². The Hall–Kier alpha value is -4.77. The van der Waals surface area contributed by atoms with E-state index in [0.29, 0.717) is 35.5 Å².